The van der Waals surface area contributed by atoms with Crippen LogP contribution in [0, 0.1) is 23.7 Å². The molecular weight excluding hydrogens is 274 g/mol. The molecule has 3 nitrogen and oxygen atoms in total. The third-order valence-corrected chi connectivity index (χ3v) is 6.61. The molecule has 22 heavy (non-hydrogen) atoms. The fourth-order valence-electron chi connectivity index (χ4n) is 5.89. The summed E-state index contributed by atoms with van der Waals surface area (Å²) in [6.45, 7) is 1.59. The number of rotatable bonds is 4. The molecular formula is C19H26NO2+. The van der Waals surface area contributed by atoms with Gasteiger partial charge in [-0.2, -0.15) is 0 Å². The summed E-state index contributed by atoms with van der Waals surface area (Å²) < 4.78 is 10.9. The van der Waals surface area contributed by atoms with Gasteiger partial charge in [-0.05, 0) is 61.6 Å². The highest BCUT2D eigenvalue weighted by Crippen LogP contribution is 2.52. The Bertz CT molecular complexity index is 543. The van der Waals surface area contributed by atoms with E-state index < -0.39 is 0 Å². The summed E-state index contributed by atoms with van der Waals surface area (Å²) in [4.78, 5) is 0. The van der Waals surface area contributed by atoms with Crippen LogP contribution in [0.15, 0.2) is 18.2 Å². The summed E-state index contributed by atoms with van der Waals surface area (Å²) in [6.07, 6.45) is 8.79. The molecule has 4 fully saturated rings. The average molecular weight is 300 g/mol. The number of quaternary nitrogens is 1. The third kappa shape index (κ3) is 2.21. The van der Waals surface area contributed by atoms with Crippen LogP contribution in [0.4, 0.5) is 0 Å². The fourth-order valence-corrected chi connectivity index (χ4v) is 5.89. The van der Waals surface area contributed by atoms with Crippen LogP contribution in [-0.2, 0) is 6.42 Å². The van der Waals surface area contributed by atoms with Crippen LogP contribution in [0.25, 0.3) is 0 Å². The van der Waals surface area contributed by atoms with Crippen molar-refractivity contribution >= 4 is 0 Å². The summed E-state index contributed by atoms with van der Waals surface area (Å²) in [5.41, 5.74) is 1.38. The van der Waals surface area contributed by atoms with Crippen molar-refractivity contribution in [1.82, 2.24) is 0 Å². The van der Waals surface area contributed by atoms with Crippen molar-refractivity contribution in [3.05, 3.63) is 23.8 Å². The Morgan fingerprint density at radius 2 is 1.64 bits per heavy atom. The maximum absolute atomic E-state index is 5.48. The number of hydrogen-bond acceptors (Lipinski definition) is 2. The molecule has 1 aliphatic heterocycles. The van der Waals surface area contributed by atoms with E-state index >= 15 is 0 Å². The largest absolute Gasteiger partial charge is 0.454 e. The van der Waals surface area contributed by atoms with Crippen LogP contribution < -0.4 is 14.8 Å². The Labute approximate surface area is 132 Å². The highest BCUT2D eigenvalue weighted by Gasteiger charge is 2.49. The number of hydrogen-bond donors (Lipinski definition) is 1. The van der Waals surface area contributed by atoms with Gasteiger partial charge < -0.3 is 14.8 Å². The van der Waals surface area contributed by atoms with Gasteiger partial charge in [0.05, 0.1) is 12.6 Å². The highest BCUT2D eigenvalue weighted by atomic mass is 16.7. The zero-order valence-electron chi connectivity index (χ0n) is 13.2. The Hall–Kier alpha value is -1.22. The van der Waals surface area contributed by atoms with E-state index in [2.05, 4.69) is 23.5 Å². The van der Waals surface area contributed by atoms with Gasteiger partial charge in [-0.3, -0.25) is 0 Å². The van der Waals surface area contributed by atoms with E-state index in [1.165, 1.54) is 37.8 Å². The quantitative estimate of drug-likeness (QED) is 0.926. The topological polar surface area (TPSA) is 35.1 Å². The normalized spacial score (nSPS) is 37.7. The molecule has 3 heteroatoms. The van der Waals surface area contributed by atoms with Gasteiger partial charge in [0.15, 0.2) is 11.5 Å². The molecule has 0 spiro atoms. The van der Waals surface area contributed by atoms with Gasteiger partial charge in [0, 0.05) is 18.3 Å². The number of nitrogens with two attached hydrogens (primary N) is 1. The number of ether oxygens (including phenoxy) is 2. The van der Waals surface area contributed by atoms with Gasteiger partial charge in [0.2, 0.25) is 6.79 Å². The fraction of sp³-hybridized carbons (Fsp3) is 0.684. The predicted molar refractivity (Wildman–Crippen MR) is 83.9 cm³/mol. The van der Waals surface area contributed by atoms with Gasteiger partial charge in [0.1, 0.15) is 0 Å². The average Bonchev–Trinajstić information content (AvgIpc) is 2.97. The standard InChI is InChI=1S/C19H25NO2/c1-2-17-18(22-11-21-17)10-12(1)3-4-20-19-15-6-13-5-14(8-15)9-16(19)7-13/h1-2,10,13-16,19-20H,3-9,11H2/p+1. The van der Waals surface area contributed by atoms with Gasteiger partial charge in [-0.15, -0.1) is 0 Å². The molecule has 2 N–H and O–H groups in total. The molecule has 1 aromatic rings. The molecule has 118 valence electrons. The molecule has 4 aliphatic carbocycles. The van der Waals surface area contributed by atoms with Crippen LogP contribution in [0.5, 0.6) is 11.5 Å². The lowest BCUT2D eigenvalue weighted by molar-refractivity contribution is -0.708. The van der Waals surface area contributed by atoms with Gasteiger partial charge in [-0.1, -0.05) is 6.07 Å². The molecule has 0 unspecified atom stereocenters. The van der Waals surface area contributed by atoms with Crippen LogP contribution in [-0.4, -0.2) is 19.4 Å². The van der Waals surface area contributed by atoms with E-state index in [9.17, 15) is 0 Å². The van der Waals surface area contributed by atoms with Gasteiger partial charge in [-0.25, -0.2) is 0 Å². The van der Waals surface area contributed by atoms with Crippen molar-refractivity contribution in [2.45, 2.75) is 44.6 Å². The van der Waals surface area contributed by atoms with Crippen LogP contribution in [0.3, 0.4) is 0 Å². The van der Waals surface area contributed by atoms with Crippen molar-refractivity contribution in [2.24, 2.45) is 23.7 Å². The zero-order valence-corrected chi connectivity index (χ0v) is 13.2. The lowest BCUT2D eigenvalue weighted by atomic mass is 9.54. The summed E-state index contributed by atoms with van der Waals surface area (Å²) in [6, 6.07) is 7.33. The zero-order chi connectivity index (χ0) is 14.5. The summed E-state index contributed by atoms with van der Waals surface area (Å²) in [5, 5.41) is 2.68. The first-order chi connectivity index (χ1) is 10.8. The minimum absolute atomic E-state index is 0.374. The lowest BCUT2D eigenvalue weighted by Gasteiger charge is -2.52. The minimum Gasteiger partial charge on any atom is -0.454 e. The first-order valence-electron chi connectivity index (χ1n) is 9.07. The second kappa shape index (κ2) is 5.16. The predicted octanol–water partition coefficient (Wildman–Crippen LogP) is 2.35. The Morgan fingerprint density at radius 1 is 0.909 bits per heavy atom. The van der Waals surface area contributed by atoms with Gasteiger partial charge >= 0.3 is 0 Å². The maximum atomic E-state index is 5.48. The monoisotopic (exact) mass is 300 g/mol. The van der Waals surface area contributed by atoms with Crippen molar-refractivity contribution in [3.8, 4) is 11.5 Å². The summed E-state index contributed by atoms with van der Waals surface area (Å²) in [7, 11) is 0. The second-order valence-corrected chi connectivity index (χ2v) is 7.97. The van der Waals surface area contributed by atoms with E-state index in [1.807, 2.05) is 0 Å². The Morgan fingerprint density at radius 3 is 2.41 bits per heavy atom. The van der Waals surface area contributed by atoms with Crippen LogP contribution in [0.1, 0.15) is 37.7 Å². The number of fused-ring (bicyclic) bond motifs is 1. The molecule has 4 bridgehead atoms. The summed E-state index contributed by atoms with van der Waals surface area (Å²) in [5.74, 6) is 6.03. The smallest absolute Gasteiger partial charge is 0.231 e. The molecule has 0 saturated heterocycles. The summed E-state index contributed by atoms with van der Waals surface area (Å²) >= 11 is 0. The molecule has 0 radical (unpaired) electrons. The van der Waals surface area contributed by atoms with E-state index in [1.54, 1.807) is 6.42 Å². The molecule has 1 heterocycles. The van der Waals surface area contributed by atoms with Crippen molar-refractivity contribution in [1.29, 1.82) is 0 Å². The third-order valence-electron chi connectivity index (χ3n) is 6.61. The second-order valence-electron chi connectivity index (χ2n) is 7.97. The van der Waals surface area contributed by atoms with Gasteiger partial charge in [0.25, 0.3) is 0 Å². The first-order valence-corrected chi connectivity index (χ1v) is 9.07. The Kier molecular flexibility index (Phi) is 3.10. The first kappa shape index (κ1) is 13.2. The van der Waals surface area contributed by atoms with Crippen LogP contribution >= 0.6 is 0 Å². The van der Waals surface area contributed by atoms with E-state index in [4.69, 9.17) is 9.47 Å². The van der Waals surface area contributed by atoms with E-state index in [0.717, 1.165) is 47.6 Å². The molecule has 0 amide bonds. The maximum Gasteiger partial charge on any atom is 0.231 e. The van der Waals surface area contributed by atoms with Crippen molar-refractivity contribution in [2.75, 3.05) is 13.3 Å². The van der Waals surface area contributed by atoms with Crippen molar-refractivity contribution in [3.63, 3.8) is 0 Å². The van der Waals surface area contributed by atoms with Crippen LogP contribution in [0.2, 0.25) is 0 Å². The number of benzene rings is 1. The molecule has 5 aliphatic rings. The molecule has 0 atom stereocenters. The van der Waals surface area contributed by atoms with Crippen molar-refractivity contribution < 1.29 is 14.8 Å². The van der Waals surface area contributed by atoms with E-state index in [-0.39, 0.29) is 0 Å². The molecule has 0 aromatic heterocycles. The van der Waals surface area contributed by atoms with E-state index in [0.29, 0.717) is 6.79 Å². The molecule has 4 saturated carbocycles. The highest BCUT2D eigenvalue weighted by molar-refractivity contribution is 5.44. The lowest BCUT2D eigenvalue weighted by Crippen LogP contribution is -2.94. The molecule has 1 aromatic carbocycles. The SMILES string of the molecule is c1cc2c(cc1CC[NH2+]C1C3CC4CC(C3)CC1C4)OCO2. The molecule has 6 rings (SSSR count). The Balaban J connectivity index is 1.20. The minimum atomic E-state index is 0.374.